The first-order valence-corrected chi connectivity index (χ1v) is 13.0. The third-order valence-corrected chi connectivity index (χ3v) is 7.69. The molecule has 1 saturated heterocycles. The lowest BCUT2D eigenvalue weighted by Gasteiger charge is -2.21. The van der Waals surface area contributed by atoms with Gasteiger partial charge in [-0.3, -0.25) is 10.2 Å². The molecule has 0 saturated carbocycles. The van der Waals surface area contributed by atoms with Crippen molar-refractivity contribution in [1.82, 2.24) is 4.72 Å². The molecule has 5 N–H and O–H groups in total. The third-order valence-electron chi connectivity index (χ3n) is 5.87. The molecular formula is C27H30N4O4S. The number of anilines is 1. The van der Waals surface area contributed by atoms with Crippen LogP contribution >= 0.6 is 0 Å². The molecule has 1 aliphatic heterocycles. The molecule has 3 aromatic rings. The Labute approximate surface area is 211 Å². The maximum Gasteiger partial charge on any atom is 0.256 e. The number of amidine groups is 1. The fraction of sp³-hybridized carbons (Fsp3) is 0.259. The molecule has 4 rings (SSSR count). The van der Waals surface area contributed by atoms with Crippen molar-refractivity contribution in [3.05, 3.63) is 83.9 Å². The molecule has 0 bridgehead atoms. The molecule has 1 fully saturated rings. The van der Waals surface area contributed by atoms with Crippen molar-refractivity contribution >= 4 is 27.5 Å². The molecule has 2 atom stereocenters. The number of carbonyl (C=O) groups is 1. The van der Waals surface area contributed by atoms with Crippen molar-refractivity contribution < 1.29 is 17.9 Å². The normalized spacial score (nSPS) is 19.5. The minimum absolute atomic E-state index is 0.0502. The molecule has 0 aliphatic carbocycles. The van der Waals surface area contributed by atoms with Crippen LogP contribution in [-0.2, 0) is 25.2 Å². The monoisotopic (exact) mass is 506 g/mol. The van der Waals surface area contributed by atoms with E-state index in [4.69, 9.17) is 15.9 Å². The Kier molecular flexibility index (Phi) is 6.51. The van der Waals surface area contributed by atoms with Crippen LogP contribution in [-0.4, -0.2) is 31.8 Å². The van der Waals surface area contributed by atoms with Gasteiger partial charge in [0.1, 0.15) is 11.4 Å². The van der Waals surface area contributed by atoms with Gasteiger partial charge in [0.15, 0.2) is 6.10 Å². The number of epoxide rings is 1. The van der Waals surface area contributed by atoms with Gasteiger partial charge in [0, 0.05) is 22.4 Å². The van der Waals surface area contributed by atoms with Crippen LogP contribution in [0.1, 0.15) is 38.8 Å². The van der Waals surface area contributed by atoms with Gasteiger partial charge in [-0.1, -0.05) is 48.5 Å². The summed E-state index contributed by atoms with van der Waals surface area (Å²) in [7, 11) is -3.73. The Balaban J connectivity index is 1.50. The molecule has 1 amide bonds. The minimum atomic E-state index is -3.73. The van der Waals surface area contributed by atoms with E-state index in [1.54, 1.807) is 87.5 Å². The fourth-order valence-corrected chi connectivity index (χ4v) is 5.72. The fourth-order valence-electron chi connectivity index (χ4n) is 4.07. The molecule has 1 aliphatic rings. The van der Waals surface area contributed by atoms with E-state index in [0.717, 1.165) is 5.56 Å². The summed E-state index contributed by atoms with van der Waals surface area (Å²) in [4.78, 5) is 13.1. The smallest absolute Gasteiger partial charge is 0.256 e. The van der Waals surface area contributed by atoms with Crippen molar-refractivity contribution in [2.45, 2.75) is 49.8 Å². The van der Waals surface area contributed by atoms with E-state index in [2.05, 4.69) is 10.0 Å². The van der Waals surface area contributed by atoms with E-state index < -0.39 is 27.3 Å². The second-order valence-electron chi connectivity index (χ2n) is 10.0. The maximum absolute atomic E-state index is 13.0. The van der Waals surface area contributed by atoms with Crippen LogP contribution in [0.25, 0.3) is 11.1 Å². The van der Waals surface area contributed by atoms with E-state index in [9.17, 15) is 13.2 Å². The first kappa shape index (κ1) is 25.6. The van der Waals surface area contributed by atoms with Crippen molar-refractivity contribution in [3.8, 4) is 11.1 Å². The first-order valence-electron chi connectivity index (χ1n) is 11.5. The summed E-state index contributed by atoms with van der Waals surface area (Å²) in [6, 6.07) is 20.9. The van der Waals surface area contributed by atoms with Crippen LogP contribution in [0.5, 0.6) is 0 Å². The predicted octanol–water partition coefficient (Wildman–Crippen LogP) is 3.97. The van der Waals surface area contributed by atoms with Gasteiger partial charge in [-0.15, -0.1) is 0 Å². The van der Waals surface area contributed by atoms with Crippen molar-refractivity contribution in [3.63, 3.8) is 0 Å². The highest BCUT2D eigenvalue weighted by atomic mass is 32.2. The Hall–Kier alpha value is -3.53. The number of amides is 1. The average Bonchev–Trinajstić information content (AvgIpc) is 3.51. The molecular weight excluding hydrogens is 476 g/mol. The summed E-state index contributed by atoms with van der Waals surface area (Å²) in [5.74, 6) is -0.346. The molecule has 0 spiro atoms. The van der Waals surface area contributed by atoms with E-state index in [1.807, 2.05) is 13.0 Å². The average molecular weight is 507 g/mol. The molecule has 1 heterocycles. The topological polar surface area (TPSA) is 138 Å². The summed E-state index contributed by atoms with van der Waals surface area (Å²) in [5.41, 5.74) is 7.33. The van der Waals surface area contributed by atoms with Gasteiger partial charge in [0.05, 0.1) is 4.90 Å². The number of nitrogens with one attached hydrogen (secondary N) is 3. The summed E-state index contributed by atoms with van der Waals surface area (Å²) < 4.78 is 34.4. The molecule has 3 aromatic carbocycles. The van der Waals surface area contributed by atoms with Gasteiger partial charge >= 0.3 is 0 Å². The number of nitrogens with two attached hydrogens (primary N) is 1. The molecule has 36 heavy (non-hydrogen) atoms. The second kappa shape index (κ2) is 9.16. The largest absolute Gasteiger partial charge is 0.384 e. The molecule has 188 valence electrons. The highest BCUT2D eigenvalue weighted by Gasteiger charge is 2.58. The number of ether oxygens (including phenoxy) is 1. The highest BCUT2D eigenvalue weighted by molar-refractivity contribution is 7.89. The number of rotatable bonds is 7. The van der Waals surface area contributed by atoms with Gasteiger partial charge in [-0.05, 0) is 63.1 Å². The summed E-state index contributed by atoms with van der Waals surface area (Å²) >= 11 is 0. The molecule has 2 unspecified atom stereocenters. The van der Waals surface area contributed by atoms with Gasteiger partial charge in [-0.2, -0.15) is 0 Å². The van der Waals surface area contributed by atoms with Gasteiger partial charge in [0.25, 0.3) is 5.91 Å². The lowest BCUT2D eigenvalue weighted by atomic mass is 9.95. The zero-order valence-corrected chi connectivity index (χ0v) is 21.4. The minimum Gasteiger partial charge on any atom is -0.384 e. The summed E-state index contributed by atoms with van der Waals surface area (Å²) in [6.07, 6.45) is -0.686. The number of nitrogen functional groups attached to an aromatic ring is 1. The number of hydrogen-bond donors (Lipinski definition) is 4. The van der Waals surface area contributed by atoms with Crippen molar-refractivity contribution in [1.29, 1.82) is 5.41 Å². The van der Waals surface area contributed by atoms with Gasteiger partial charge in [-0.25, -0.2) is 13.1 Å². The molecule has 0 aromatic heterocycles. The lowest BCUT2D eigenvalue weighted by molar-refractivity contribution is -0.117. The van der Waals surface area contributed by atoms with Crippen LogP contribution in [0.4, 0.5) is 5.69 Å². The lowest BCUT2D eigenvalue weighted by Crippen LogP contribution is -2.40. The number of carbonyl (C=O) groups excluding carboxylic acids is 1. The summed E-state index contributed by atoms with van der Waals surface area (Å²) in [6.45, 7) is 7.19. The number of benzene rings is 3. The van der Waals surface area contributed by atoms with E-state index in [-0.39, 0.29) is 16.6 Å². The van der Waals surface area contributed by atoms with E-state index in [0.29, 0.717) is 22.4 Å². The Morgan fingerprint density at radius 1 is 1.03 bits per heavy atom. The SMILES string of the molecule is CC(C)(C)NS(=O)(=O)c1ccccc1-c1ccc(NC(=O)C2OC2(C)c2cccc(C(=N)N)c2)cc1. The van der Waals surface area contributed by atoms with Gasteiger partial charge in [0.2, 0.25) is 10.0 Å². The quantitative estimate of drug-likeness (QED) is 0.218. The van der Waals surface area contributed by atoms with Crippen LogP contribution in [0.15, 0.2) is 77.7 Å². The van der Waals surface area contributed by atoms with E-state index in [1.165, 1.54) is 0 Å². The third kappa shape index (κ3) is 5.33. The Morgan fingerprint density at radius 2 is 1.69 bits per heavy atom. The van der Waals surface area contributed by atoms with Crippen LogP contribution in [0.2, 0.25) is 0 Å². The van der Waals surface area contributed by atoms with Crippen molar-refractivity contribution in [2.75, 3.05) is 5.32 Å². The molecule has 8 nitrogen and oxygen atoms in total. The maximum atomic E-state index is 13.0. The van der Waals surface area contributed by atoms with E-state index >= 15 is 0 Å². The highest BCUT2D eigenvalue weighted by Crippen LogP contribution is 2.46. The van der Waals surface area contributed by atoms with Crippen LogP contribution in [0, 0.1) is 5.41 Å². The van der Waals surface area contributed by atoms with Crippen molar-refractivity contribution in [2.24, 2.45) is 5.73 Å². The first-order chi connectivity index (χ1) is 16.8. The summed E-state index contributed by atoms with van der Waals surface area (Å²) in [5, 5.41) is 10.5. The Morgan fingerprint density at radius 3 is 2.33 bits per heavy atom. The van der Waals surface area contributed by atoms with Gasteiger partial charge < -0.3 is 15.8 Å². The zero-order chi connectivity index (χ0) is 26.3. The van der Waals surface area contributed by atoms with Crippen LogP contribution in [0.3, 0.4) is 0 Å². The zero-order valence-electron chi connectivity index (χ0n) is 20.6. The molecule has 9 heteroatoms. The second-order valence-corrected chi connectivity index (χ2v) is 11.7. The standard InChI is InChI=1S/C27H30N4O4S/c1-26(2,3)31-36(33,34)22-11-6-5-10-21(22)17-12-14-20(15-13-17)30-25(32)23-27(4,35-23)19-9-7-8-18(16-19)24(28)29/h5-16,23,31H,1-4H3,(H3,28,29)(H,30,32). The predicted molar refractivity (Wildman–Crippen MR) is 140 cm³/mol. The number of sulfonamides is 1. The Bertz CT molecular complexity index is 1430. The number of hydrogen-bond acceptors (Lipinski definition) is 5. The molecule has 0 radical (unpaired) electrons. The van der Waals surface area contributed by atoms with Crippen LogP contribution < -0.4 is 15.8 Å².